The number of para-hydroxylation sites is 3. The Morgan fingerprint density at radius 3 is 1.76 bits per heavy atom. The molecule has 0 saturated heterocycles. The molecule has 2 heterocycles. The van der Waals surface area contributed by atoms with E-state index in [9.17, 15) is 5.26 Å². The van der Waals surface area contributed by atoms with Crippen LogP contribution in [0.4, 0.5) is 11.4 Å². The molecular formula is C45H25N5. The minimum absolute atomic E-state index is 0.560. The lowest BCUT2D eigenvalue weighted by Crippen LogP contribution is -1.97. The molecule has 2 aromatic heterocycles. The van der Waals surface area contributed by atoms with Gasteiger partial charge in [0.2, 0.25) is 0 Å². The summed E-state index contributed by atoms with van der Waals surface area (Å²) in [5, 5.41) is 14.0. The smallest absolute Gasteiger partial charge is 0.195 e. The summed E-state index contributed by atoms with van der Waals surface area (Å²) in [7, 11) is 0. The first-order valence-electron chi connectivity index (χ1n) is 16.2. The summed E-state index contributed by atoms with van der Waals surface area (Å²) in [6.07, 6.45) is 0. The number of aromatic nitrogens is 2. The zero-order valence-electron chi connectivity index (χ0n) is 26.7. The van der Waals surface area contributed by atoms with E-state index < -0.39 is 0 Å². The Morgan fingerprint density at radius 2 is 1.10 bits per heavy atom. The summed E-state index contributed by atoms with van der Waals surface area (Å²) in [4.78, 5) is 7.73. The van der Waals surface area contributed by atoms with E-state index in [1.54, 1.807) is 0 Å². The fourth-order valence-corrected chi connectivity index (χ4v) is 7.37. The second kappa shape index (κ2) is 11.4. The van der Waals surface area contributed by atoms with Gasteiger partial charge in [0.05, 0.1) is 46.8 Å². The van der Waals surface area contributed by atoms with Crippen LogP contribution in [0.3, 0.4) is 0 Å². The van der Waals surface area contributed by atoms with Crippen molar-refractivity contribution in [3.63, 3.8) is 0 Å². The summed E-state index contributed by atoms with van der Waals surface area (Å²) in [6, 6.07) is 53.2. The first kappa shape index (κ1) is 28.8. The normalized spacial score (nSPS) is 11.1. The second-order valence-corrected chi connectivity index (χ2v) is 12.3. The third-order valence-corrected chi connectivity index (χ3v) is 9.58. The van der Waals surface area contributed by atoms with Gasteiger partial charge < -0.3 is 9.13 Å². The van der Waals surface area contributed by atoms with E-state index in [1.807, 2.05) is 66.7 Å². The molecule has 5 nitrogen and oxygen atoms in total. The number of benzene rings is 7. The van der Waals surface area contributed by atoms with Crippen LogP contribution in [0.15, 0.2) is 152 Å². The van der Waals surface area contributed by atoms with Gasteiger partial charge in [0.25, 0.3) is 0 Å². The Balaban J connectivity index is 1.25. The molecule has 9 rings (SSSR count). The second-order valence-electron chi connectivity index (χ2n) is 12.3. The Morgan fingerprint density at radius 1 is 0.480 bits per heavy atom. The van der Waals surface area contributed by atoms with Crippen LogP contribution in [-0.2, 0) is 0 Å². The number of hydrogen-bond donors (Lipinski definition) is 0. The molecule has 0 N–H and O–H groups in total. The highest BCUT2D eigenvalue weighted by Crippen LogP contribution is 2.41. The van der Waals surface area contributed by atoms with Crippen LogP contribution < -0.4 is 0 Å². The van der Waals surface area contributed by atoms with Crippen molar-refractivity contribution in [1.82, 2.24) is 9.13 Å². The third kappa shape index (κ3) is 4.38. The summed E-state index contributed by atoms with van der Waals surface area (Å²) < 4.78 is 4.46. The molecule has 0 fully saturated rings. The van der Waals surface area contributed by atoms with Crippen molar-refractivity contribution >= 4 is 55.0 Å². The summed E-state index contributed by atoms with van der Waals surface area (Å²) in [5.41, 5.74) is 11.5. The van der Waals surface area contributed by atoms with Crippen LogP contribution in [0.1, 0.15) is 5.56 Å². The number of rotatable bonds is 4. The van der Waals surface area contributed by atoms with Crippen molar-refractivity contribution in [2.75, 3.05) is 0 Å². The molecule has 0 spiro atoms. The third-order valence-electron chi connectivity index (χ3n) is 9.58. The van der Waals surface area contributed by atoms with E-state index in [4.69, 9.17) is 13.1 Å². The van der Waals surface area contributed by atoms with Crippen molar-refractivity contribution < 1.29 is 0 Å². The fraction of sp³-hybridized carbons (Fsp3) is 0. The molecule has 0 bridgehead atoms. The monoisotopic (exact) mass is 635 g/mol. The Kier molecular flexibility index (Phi) is 6.56. The van der Waals surface area contributed by atoms with Gasteiger partial charge in [-0.05, 0) is 77.4 Å². The molecule has 0 atom stereocenters. The summed E-state index contributed by atoms with van der Waals surface area (Å²) >= 11 is 0. The van der Waals surface area contributed by atoms with Crippen molar-refractivity contribution in [3.05, 3.63) is 180 Å². The standard InChI is InChI=1S/C45H25N5/c1-47-32-19-21-34(45(26-32)50-42-16-7-3-12-35(42)36-13-4-8-17-43(36)50)30-10-9-11-31(25-30)38-27-33(20-22-40(38)48-2)49-41-15-6-5-14-37(41)39-24-29(28-46)18-23-44(39)49/h3-27H. The molecule has 7 aromatic carbocycles. The van der Waals surface area contributed by atoms with E-state index >= 15 is 0 Å². The Bertz CT molecular complexity index is 2920. The Labute approximate surface area is 288 Å². The van der Waals surface area contributed by atoms with Crippen LogP contribution in [0.5, 0.6) is 0 Å². The lowest BCUT2D eigenvalue weighted by atomic mass is 9.96. The topological polar surface area (TPSA) is 42.4 Å². The van der Waals surface area contributed by atoms with Crippen molar-refractivity contribution in [3.8, 4) is 39.7 Å². The highest BCUT2D eigenvalue weighted by molar-refractivity contribution is 6.11. The Hall–Kier alpha value is -7.39. The van der Waals surface area contributed by atoms with Gasteiger partial charge in [-0.1, -0.05) is 91.0 Å². The van der Waals surface area contributed by atoms with Gasteiger partial charge in [-0.3, -0.25) is 0 Å². The minimum atomic E-state index is 0.560. The number of fused-ring (bicyclic) bond motifs is 6. The molecule has 9 aromatic rings. The van der Waals surface area contributed by atoms with Crippen LogP contribution in [0.25, 0.3) is 86.9 Å². The predicted octanol–water partition coefficient (Wildman–Crippen LogP) is 12.2. The molecule has 0 aliphatic carbocycles. The first-order chi connectivity index (χ1) is 24.7. The average molecular weight is 636 g/mol. The molecule has 5 heteroatoms. The van der Waals surface area contributed by atoms with E-state index in [0.717, 1.165) is 77.2 Å². The number of hydrogen-bond acceptors (Lipinski definition) is 1. The molecule has 0 saturated carbocycles. The van der Waals surface area contributed by atoms with Crippen LogP contribution >= 0.6 is 0 Å². The van der Waals surface area contributed by atoms with Gasteiger partial charge >= 0.3 is 0 Å². The van der Waals surface area contributed by atoms with E-state index in [1.165, 1.54) is 0 Å². The summed E-state index contributed by atoms with van der Waals surface area (Å²) in [6.45, 7) is 15.9. The SMILES string of the molecule is [C-]#[N+]c1ccc(-c2cccc(-c3cc(-n4c5ccccc5c5cc(C#N)ccc54)ccc3[N+]#[C-])c2)c(-n2c3ccccc3c3ccccc32)c1. The van der Waals surface area contributed by atoms with E-state index in [2.05, 4.69) is 110 Å². The predicted molar refractivity (Wildman–Crippen MR) is 203 cm³/mol. The lowest BCUT2D eigenvalue weighted by Gasteiger charge is -2.16. The van der Waals surface area contributed by atoms with Gasteiger partial charge in [-0.15, -0.1) is 0 Å². The molecule has 0 amide bonds. The maximum atomic E-state index is 9.61. The van der Waals surface area contributed by atoms with Gasteiger partial charge in [0.1, 0.15) is 0 Å². The quantitative estimate of drug-likeness (QED) is 0.177. The average Bonchev–Trinajstić information content (AvgIpc) is 3.70. The zero-order valence-corrected chi connectivity index (χ0v) is 26.7. The van der Waals surface area contributed by atoms with Crippen molar-refractivity contribution in [2.24, 2.45) is 0 Å². The minimum Gasteiger partial charge on any atom is -0.310 e. The van der Waals surface area contributed by atoms with Gasteiger partial charge in [-0.25, -0.2) is 9.69 Å². The number of nitrogens with zero attached hydrogens (tertiary/aromatic N) is 5. The lowest BCUT2D eigenvalue weighted by molar-refractivity contribution is 1.18. The highest BCUT2D eigenvalue weighted by Gasteiger charge is 2.18. The fourth-order valence-electron chi connectivity index (χ4n) is 7.37. The van der Waals surface area contributed by atoms with Crippen LogP contribution in [0.2, 0.25) is 0 Å². The van der Waals surface area contributed by atoms with Gasteiger partial charge in [-0.2, -0.15) is 5.26 Å². The largest absolute Gasteiger partial charge is 0.310 e. The van der Waals surface area contributed by atoms with E-state index in [-0.39, 0.29) is 0 Å². The van der Waals surface area contributed by atoms with Crippen molar-refractivity contribution in [2.45, 2.75) is 0 Å². The zero-order chi connectivity index (χ0) is 33.8. The molecule has 0 unspecified atom stereocenters. The van der Waals surface area contributed by atoms with Gasteiger partial charge in [0.15, 0.2) is 11.4 Å². The number of nitriles is 1. The molecular weight excluding hydrogens is 611 g/mol. The van der Waals surface area contributed by atoms with Gasteiger partial charge in [0, 0.05) is 38.5 Å². The highest BCUT2D eigenvalue weighted by atomic mass is 15.0. The molecule has 0 radical (unpaired) electrons. The van der Waals surface area contributed by atoms with Crippen LogP contribution in [-0.4, -0.2) is 9.13 Å². The maximum absolute atomic E-state index is 9.61. The molecule has 0 aliphatic rings. The summed E-state index contributed by atoms with van der Waals surface area (Å²) in [5.74, 6) is 0. The van der Waals surface area contributed by atoms with E-state index in [0.29, 0.717) is 16.9 Å². The van der Waals surface area contributed by atoms with Crippen LogP contribution in [0, 0.1) is 24.5 Å². The molecule has 0 aliphatic heterocycles. The van der Waals surface area contributed by atoms with Crippen molar-refractivity contribution in [1.29, 1.82) is 5.26 Å². The molecule has 50 heavy (non-hydrogen) atoms. The maximum Gasteiger partial charge on any atom is 0.195 e. The molecule has 230 valence electrons. The first-order valence-corrected chi connectivity index (χ1v) is 16.2.